The Morgan fingerprint density at radius 2 is 1.86 bits per heavy atom. The molecule has 3 heterocycles. The van der Waals surface area contributed by atoms with Gasteiger partial charge < -0.3 is 9.80 Å². The third-order valence-corrected chi connectivity index (χ3v) is 6.55. The standard InChI is InChI=1S/C22H26FN3O2S/c23-19-4-2-17(3-5-19)15-26-10-6-20(22(26)28)24-8-1-9-25(12-11-24)21(27)14-18-7-13-29-16-18/h2-5,7,13,16,20H,1,6,8-12,14-15H2/t20-/m0/s1. The van der Waals surface area contributed by atoms with Crippen LogP contribution in [0.1, 0.15) is 24.0 Å². The van der Waals surface area contributed by atoms with Gasteiger partial charge in [0.15, 0.2) is 0 Å². The molecule has 1 aromatic carbocycles. The predicted octanol–water partition coefficient (Wildman–Crippen LogP) is 2.77. The number of amides is 2. The molecular weight excluding hydrogens is 389 g/mol. The van der Waals surface area contributed by atoms with Gasteiger partial charge in [0.1, 0.15) is 5.82 Å². The van der Waals surface area contributed by atoms with Crippen molar-refractivity contribution in [2.24, 2.45) is 0 Å². The molecule has 29 heavy (non-hydrogen) atoms. The fraction of sp³-hybridized carbons (Fsp3) is 0.455. The second kappa shape index (κ2) is 9.05. The normalized spacial score (nSPS) is 20.9. The lowest BCUT2D eigenvalue weighted by atomic mass is 10.2. The van der Waals surface area contributed by atoms with Crippen molar-refractivity contribution in [3.05, 3.63) is 58.0 Å². The van der Waals surface area contributed by atoms with E-state index in [1.165, 1.54) is 12.1 Å². The fourth-order valence-corrected chi connectivity index (χ4v) is 4.88. The van der Waals surface area contributed by atoms with Crippen molar-refractivity contribution >= 4 is 23.2 Å². The molecule has 0 bridgehead atoms. The van der Waals surface area contributed by atoms with Crippen LogP contribution in [-0.4, -0.2) is 65.3 Å². The number of hydrogen-bond donors (Lipinski definition) is 0. The van der Waals surface area contributed by atoms with Gasteiger partial charge in [-0.25, -0.2) is 4.39 Å². The molecule has 0 aliphatic carbocycles. The summed E-state index contributed by atoms with van der Waals surface area (Å²) in [5.41, 5.74) is 2.02. The van der Waals surface area contributed by atoms with E-state index in [2.05, 4.69) is 4.90 Å². The minimum atomic E-state index is -0.262. The quantitative estimate of drug-likeness (QED) is 0.754. The highest BCUT2D eigenvalue weighted by Gasteiger charge is 2.36. The van der Waals surface area contributed by atoms with Gasteiger partial charge in [-0.1, -0.05) is 12.1 Å². The summed E-state index contributed by atoms with van der Waals surface area (Å²) in [4.78, 5) is 31.6. The van der Waals surface area contributed by atoms with Crippen LogP contribution in [0.5, 0.6) is 0 Å². The lowest BCUT2D eigenvalue weighted by molar-refractivity contribution is -0.132. The highest BCUT2D eigenvalue weighted by Crippen LogP contribution is 2.21. The zero-order chi connectivity index (χ0) is 20.2. The average molecular weight is 416 g/mol. The van der Waals surface area contributed by atoms with Gasteiger partial charge in [0.2, 0.25) is 11.8 Å². The van der Waals surface area contributed by atoms with Crippen molar-refractivity contribution in [3.63, 3.8) is 0 Å². The largest absolute Gasteiger partial charge is 0.341 e. The highest BCUT2D eigenvalue weighted by atomic mass is 32.1. The molecule has 5 nitrogen and oxygen atoms in total. The van der Waals surface area contributed by atoms with E-state index in [-0.39, 0.29) is 23.7 Å². The third kappa shape index (κ3) is 4.85. The van der Waals surface area contributed by atoms with E-state index in [1.807, 2.05) is 26.6 Å². The van der Waals surface area contributed by atoms with Gasteiger partial charge >= 0.3 is 0 Å². The SMILES string of the molecule is O=C(Cc1ccsc1)N1CCCN([C@H]2CCN(Cc3ccc(F)cc3)C2=O)CC1. The second-order valence-electron chi connectivity index (χ2n) is 7.77. The number of rotatable bonds is 5. The van der Waals surface area contributed by atoms with E-state index in [0.717, 1.165) is 50.1 Å². The van der Waals surface area contributed by atoms with Crippen molar-refractivity contribution in [3.8, 4) is 0 Å². The maximum Gasteiger partial charge on any atom is 0.240 e. The topological polar surface area (TPSA) is 43.9 Å². The monoisotopic (exact) mass is 415 g/mol. The molecule has 0 N–H and O–H groups in total. The number of benzene rings is 1. The number of thiophene rings is 1. The summed E-state index contributed by atoms with van der Waals surface area (Å²) >= 11 is 1.61. The Balaban J connectivity index is 1.31. The Morgan fingerprint density at radius 3 is 2.62 bits per heavy atom. The first kappa shape index (κ1) is 20.0. The van der Waals surface area contributed by atoms with Crippen LogP contribution in [0.3, 0.4) is 0 Å². The summed E-state index contributed by atoms with van der Waals surface area (Å²) in [6, 6.07) is 8.23. The van der Waals surface area contributed by atoms with Crippen molar-refractivity contribution in [1.29, 1.82) is 0 Å². The van der Waals surface area contributed by atoms with Gasteiger partial charge in [-0.2, -0.15) is 11.3 Å². The molecule has 0 spiro atoms. The van der Waals surface area contributed by atoms with E-state index >= 15 is 0 Å². The molecule has 0 unspecified atom stereocenters. The zero-order valence-electron chi connectivity index (χ0n) is 16.4. The van der Waals surface area contributed by atoms with Crippen molar-refractivity contribution < 1.29 is 14.0 Å². The Bertz CT molecular complexity index is 840. The minimum Gasteiger partial charge on any atom is -0.341 e. The molecule has 1 atom stereocenters. The predicted molar refractivity (Wildman–Crippen MR) is 111 cm³/mol. The van der Waals surface area contributed by atoms with Crippen LogP contribution in [0.15, 0.2) is 41.1 Å². The molecule has 4 rings (SSSR count). The zero-order valence-corrected chi connectivity index (χ0v) is 17.2. The number of carbonyl (C=O) groups excluding carboxylic acids is 2. The number of likely N-dealkylation sites (tertiary alicyclic amines) is 1. The van der Waals surface area contributed by atoms with E-state index in [0.29, 0.717) is 19.5 Å². The van der Waals surface area contributed by atoms with Gasteiger partial charge in [0.25, 0.3) is 0 Å². The maximum absolute atomic E-state index is 13.1. The van der Waals surface area contributed by atoms with E-state index < -0.39 is 0 Å². The van der Waals surface area contributed by atoms with Crippen LogP contribution < -0.4 is 0 Å². The molecule has 2 aliphatic heterocycles. The summed E-state index contributed by atoms with van der Waals surface area (Å²) in [5, 5.41) is 4.02. The summed E-state index contributed by atoms with van der Waals surface area (Å²) in [6.45, 7) is 4.23. The smallest absolute Gasteiger partial charge is 0.240 e. The van der Waals surface area contributed by atoms with Crippen LogP contribution in [0.4, 0.5) is 4.39 Å². The van der Waals surface area contributed by atoms with E-state index in [1.54, 1.807) is 23.5 Å². The summed E-state index contributed by atoms with van der Waals surface area (Å²) in [7, 11) is 0. The van der Waals surface area contributed by atoms with Gasteiger partial charge in [-0.3, -0.25) is 14.5 Å². The highest BCUT2D eigenvalue weighted by molar-refractivity contribution is 7.08. The van der Waals surface area contributed by atoms with E-state index in [9.17, 15) is 14.0 Å². The molecule has 7 heteroatoms. The minimum absolute atomic E-state index is 0.109. The summed E-state index contributed by atoms with van der Waals surface area (Å²) in [5.74, 6) is 0.0513. The molecule has 2 amide bonds. The number of carbonyl (C=O) groups is 2. The third-order valence-electron chi connectivity index (χ3n) is 5.82. The number of halogens is 1. The summed E-state index contributed by atoms with van der Waals surface area (Å²) in [6.07, 6.45) is 2.15. The van der Waals surface area contributed by atoms with Crippen molar-refractivity contribution in [2.45, 2.75) is 31.8 Å². The van der Waals surface area contributed by atoms with Crippen molar-refractivity contribution in [2.75, 3.05) is 32.7 Å². The van der Waals surface area contributed by atoms with Crippen LogP contribution in [0.2, 0.25) is 0 Å². The first-order valence-electron chi connectivity index (χ1n) is 10.2. The Morgan fingerprint density at radius 1 is 1.03 bits per heavy atom. The maximum atomic E-state index is 13.1. The van der Waals surface area contributed by atoms with Gasteiger partial charge in [-0.05, 0) is 52.9 Å². The summed E-state index contributed by atoms with van der Waals surface area (Å²) < 4.78 is 13.1. The average Bonchev–Trinajstić information content (AvgIpc) is 3.27. The Labute approximate surface area is 174 Å². The molecule has 1 aromatic heterocycles. The Kier molecular flexibility index (Phi) is 6.25. The van der Waals surface area contributed by atoms with Crippen LogP contribution in [0.25, 0.3) is 0 Å². The molecule has 2 saturated heterocycles. The van der Waals surface area contributed by atoms with Gasteiger partial charge in [0.05, 0.1) is 12.5 Å². The van der Waals surface area contributed by atoms with Crippen LogP contribution in [0, 0.1) is 5.82 Å². The molecule has 0 radical (unpaired) electrons. The van der Waals surface area contributed by atoms with E-state index in [4.69, 9.17) is 0 Å². The second-order valence-corrected chi connectivity index (χ2v) is 8.55. The van der Waals surface area contributed by atoms with Crippen LogP contribution >= 0.6 is 11.3 Å². The molecule has 2 fully saturated rings. The molecular formula is C22H26FN3O2S. The lowest BCUT2D eigenvalue weighted by Gasteiger charge is -2.26. The Hall–Kier alpha value is -2.25. The molecule has 2 aliphatic rings. The molecule has 154 valence electrons. The van der Waals surface area contributed by atoms with Gasteiger partial charge in [0, 0.05) is 39.3 Å². The first-order valence-corrected chi connectivity index (χ1v) is 11.1. The van der Waals surface area contributed by atoms with Crippen molar-refractivity contribution in [1.82, 2.24) is 14.7 Å². The number of hydrogen-bond acceptors (Lipinski definition) is 4. The fourth-order valence-electron chi connectivity index (χ4n) is 4.21. The van der Waals surface area contributed by atoms with Gasteiger partial charge in [-0.15, -0.1) is 0 Å². The number of nitrogens with zero attached hydrogens (tertiary/aromatic N) is 3. The lowest BCUT2D eigenvalue weighted by Crippen LogP contribution is -2.44. The molecule has 2 aromatic rings. The van der Waals surface area contributed by atoms with Crippen LogP contribution in [-0.2, 0) is 22.6 Å². The molecule has 0 saturated carbocycles. The first-order chi connectivity index (χ1) is 14.1.